The molecule has 8 heteroatoms. The highest BCUT2D eigenvalue weighted by molar-refractivity contribution is 5.86. The van der Waals surface area contributed by atoms with Crippen molar-refractivity contribution in [1.29, 1.82) is 0 Å². The zero-order valence-electron chi connectivity index (χ0n) is 24.5. The average Bonchev–Trinajstić information content (AvgIpc) is 2.88. The quantitative estimate of drug-likeness (QED) is 0.316. The van der Waals surface area contributed by atoms with Gasteiger partial charge >= 0.3 is 5.97 Å². The SMILES string of the molecule is Cc1ncc(-c2cnc(OC(C)c3ccccc3)c(F)c2)c(N2CCC(C)(C)CC2)c1C(OC(C)(C)C)C(=O)O. The van der Waals surface area contributed by atoms with Crippen LogP contribution in [0.4, 0.5) is 10.1 Å². The molecule has 0 amide bonds. The van der Waals surface area contributed by atoms with Crippen molar-refractivity contribution in [3.05, 3.63) is 71.4 Å². The molecular formula is C32H40FN3O4. The first-order chi connectivity index (χ1) is 18.8. The van der Waals surface area contributed by atoms with Crippen molar-refractivity contribution in [3.63, 3.8) is 0 Å². The third-order valence-corrected chi connectivity index (χ3v) is 7.35. The molecule has 0 spiro atoms. The minimum Gasteiger partial charge on any atom is -0.479 e. The molecule has 3 aromatic rings. The predicted octanol–water partition coefficient (Wildman–Crippen LogP) is 7.30. The van der Waals surface area contributed by atoms with E-state index in [1.165, 1.54) is 6.07 Å². The van der Waals surface area contributed by atoms with Gasteiger partial charge in [0.2, 0.25) is 0 Å². The summed E-state index contributed by atoms with van der Waals surface area (Å²) in [7, 11) is 0. The molecule has 0 bridgehead atoms. The fourth-order valence-corrected chi connectivity index (χ4v) is 5.02. The number of piperidine rings is 1. The number of aromatic nitrogens is 2. The van der Waals surface area contributed by atoms with Crippen molar-refractivity contribution in [2.45, 2.75) is 79.1 Å². The van der Waals surface area contributed by atoms with Crippen LogP contribution in [-0.2, 0) is 9.53 Å². The van der Waals surface area contributed by atoms with Crippen LogP contribution in [0.3, 0.4) is 0 Å². The van der Waals surface area contributed by atoms with Crippen LogP contribution in [-0.4, -0.2) is 39.7 Å². The number of anilines is 1. The number of aryl methyl sites for hydroxylation is 1. The first-order valence-electron chi connectivity index (χ1n) is 13.8. The van der Waals surface area contributed by atoms with E-state index >= 15 is 4.39 Å². The first kappa shape index (κ1) is 29.5. The van der Waals surface area contributed by atoms with Crippen LogP contribution >= 0.6 is 0 Å². The van der Waals surface area contributed by atoms with Crippen LogP contribution < -0.4 is 9.64 Å². The molecule has 1 aromatic carbocycles. The predicted molar refractivity (Wildman–Crippen MR) is 154 cm³/mol. The summed E-state index contributed by atoms with van der Waals surface area (Å²) in [5, 5.41) is 10.3. The number of carbonyl (C=O) groups is 1. The molecule has 2 unspecified atom stereocenters. The Kier molecular flexibility index (Phi) is 8.49. The van der Waals surface area contributed by atoms with Gasteiger partial charge in [-0.15, -0.1) is 0 Å². The number of hydrogen-bond donors (Lipinski definition) is 1. The summed E-state index contributed by atoms with van der Waals surface area (Å²) >= 11 is 0. The summed E-state index contributed by atoms with van der Waals surface area (Å²) in [5.41, 5.74) is 3.22. The topological polar surface area (TPSA) is 84.8 Å². The Hall–Kier alpha value is -3.52. The van der Waals surface area contributed by atoms with Gasteiger partial charge < -0.3 is 19.5 Å². The molecule has 1 fully saturated rings. The van der Waals surface area contributed by atoms with E-state index in [2.05, 4.69) is 28.7 Å². The van der Waals surface area contributed by atoms with Crippen molar-refractivity contribution >= 4 is 11.7 Å². The van der Waals surface area contributed by atoms with Gasteiger partial charge in [-0.2, -0.15) is 0 Å². The number of pyridine rings is 2. The smallest absolute Gasteiger partial charge is 0.337 e. The Morgan fingerprint density at radius 1 is 1.10 bits per heavy atom. The average molecular weight is 550 g/mol. The summed E-state index contributed by atoms with van der Waals surface area (Å²) in [6.45, 7) is 15.0. The molecule has 214 valence electrons. The summed E-state index contributed by atoms with van der Waals surface area (Å²) < 4.78 is 27.4. The number of carboxylic acid groups (broad SMARTS) is 1. The summed E-state index contributed by atoms with van der Waals surface area (Å²) in [6, 6.07) is 10.9. The maximum absolute atomic E-state index is 15.4. The van der Waals surface area contributed by atoms with Crippen molar-refractivity contribution in [2.24, 2.45) is 5.41 Å². The van der Waals surface area contributed by atoms with E-state index in [0.717, 1.165) is 31.5 Å². The highest BCUT2D eigenvalue weighted by Gasteiger charge is 2.36. The van der Waals surface area contributed by atoms with Gasteiger partial charge in [-0.1, -0.05) is 44.2 Å². The van der Waals surface area contributed by atoms with Gasteiger partial charge in [0.05, 0.1) is 11.3 Å². The summed E-state index contributed by atoms with van der Waals surface area (Å²) in [6.07, 6.45) is 3.46. The maximum Gasteiger partial charge on any atom is 0.337 e. The lowest BCUT2D eigenvalue weighted by Gasteiger charge is -2.40. The molecule has 40 heavy (non-hydrogen) atoms. The van der Waals surface area contributed by atoms with Gasteiger partial charge in [-0.05, 0) is 64.5 Å². The molecule has 0 aliphatic carbocycles. The lowest BCUT2D eigenvalue weighted by Crippen LogP contribution is -2.39. The highest BCUT2D eigenvalue weighted by Crippen LogP contribution is 2.43. The first-order valence-corrected chi connectivity index (χ1v) is 13.8. The minimum absolute atomic E-state index is 0.0962. The van der Waals surface area contributed by atoms with E-state index < -0.39 is 23.5 Å². The number of hydrogen-bond acceptors (Lipinski definition) is 6. The maximum atomic E-state index is 15.4. The van der Waals surface area contributed by atoms with E-state index in [1.54, 1.807) is 19.3 Å². The van der Waals surface area contributed by atoms with Crippen molar-refractivity contribution in [1.82, 2.24) is 9.97 Å². The molecule has 1 aliphatic rings. The largest absolute Gasteiger partial charge is 0.479 e. The Labute approximate surface area is 236 Å². The van der Waals surface area contributed by atoms with Crippen LogP contribution in [0.25, 0.3) is 11.1 Å². The molecule has 3 heterocycles. The van der Waals surface area contributed by atoms with E-state index in [4.69, 9.17) is 9.47 Å². The summed E-state index contributed by atoms with van der Waals surface area (Å²) in [4.78, 5) is 23.7. The van der Waals surface area contributed by atoms with Crippen molar-refractivity contribution in [2.75, 3.05) is 18.0 Å². The number of ether oxygens (including phenoxy) is 2. The van der Waals surface area contributed by atoms with Crippen LogP contribution in [0.1, 0.15) is 83.4 Å². The fourth-order valence-electron chi connectivity index (χ4n) is 5.02. The van der Waals surface area contributed by atoms with Gasteiger partial charge in [-0.25, -0.2) is 14.2 Å². The lowest BCUT2D eigenvalue weighted by atomic mass is 9.82. The molecule has 1 aliphatic heterocycles. The van der Waals surface area contributed by atoms with Crippen LogP contribution in [0, 0.1) is 18.2 Å². The van der Waals surface area contributed by atoms with Gasteiger partial charge in [-0.3, -0.25) is 4.98 Å². The van der Waals surface area contributed by atoms with Gasteiger partial charge in [0.1, 0.15) is 6.10 Å². The third-order valence-electron chi connectivity index (χ3n) is 7.35. The molecule has 7 nitrogen and oxygen atoms in total. The number of rotatable bonds is 8. The molecule has 4 rings (SSSR count). The van der Waals surface area contributed by atoms with Crippen LogP contribution in [0.5, 0.6) is 5.88 Å². The Morgan fingerprint density at radius 3 is 2.33 bits per heavy atom. The van der Waals surface area contributed by atoms with Gasteiger partial charge in [0.15, 0.2) is 11.9 Å². The molecule has 1 N–H and O–H groups in total. The second kappa shape index (κ2) is 11.5. The summed E-state index contributed by atoms with van der Waals surface area (Å²) in [5.74, 6) is -1.80. The molecule has 2 atom stereocenters. The normalized spacial score (nSPS) is 16.9. The highest BCUT2D eigenvalue weighted by atomic mass is 19.1. The molecule has 0 radical (unpaired) electrons. The monoisotopic (exact) mass is 549 g/mol. The van der Waals surface area contributed by atoms with Crippen molar-refractivity contribution < 1.29 is 23.8 Å². The van der Waals surface area contributed by atoms with Crippen LogP contribution in [0.15, 0.2) is 48.8 Å². The number of carboxylic acids is 1. The Morgan fingerprint density at radius 2 is 1.75 bits per heavy atom. The molecule has 2 aromatic heterocycles. The number of halogens is 1. The van der Waals surface area contributed by atoms with E-state index in [1.807, 2.05) is 58.0 Å². The zero-order chi connectivity index (χ0) is 29.2. The Bertz CT molecular complexity index is 1340. The molecule has 1 saturated heterocycles. The fraction of sp³-hybridized carbons (Fsp3) is 0.469. The second-order valence-electron chi connectivity index (χ2n) is 12.3. The zero-order valence-corrected chi connectivity index (χ0v) is 24.5. The number of benzene rings is 1. The second-order valence-corrected chi connectivity index (χ2v) is 12.3. The molecule has 0 saturated carbocycles. The van der Waals surface area contributed by atoms with Crippen molar-refractivity contribution in [3.8, 4) is 17.0 Å². The Balaban J connectivity index is 1.80. The number of aliphatic carboxylic acids is 1. The molecular weight excluding hydrogens is 509 g/mol. The third kappa shape index (κ3) is 6.78. The standard InChI is InChI=1S/C32H40FN3O4/c1-20-26(28(30(37)38)40-31(3,4)5)27(36-15-13-32(6,7)14-16-36)24(19-34-20)23-17-25(33)29(35-18-23)39-21(2)22-11-9-8-10-12-22/h8-12,17-19,21,28H,13-16H2,1-7H3,(H,37,38). The van der Waals surface area contributed by atoms with Crippen LogP contribution in [0.2, 0.25) is 0 Å². The van der Waals surface area contributed by atoms with Gasteiger partial charge in [0, 0.05) is 47.9 Å². The minimum atomic E-state index is -1.25. The van der Waals surface area contributed by atoms with Gasteiger partial charge in [0.25, 0.3) is 5.88 Å². The van der Waals surface area contributed by atoms with E-state index in [9.17, 15) is 9.90 Å². The lowest BCUT2D eigenvalue weighted by molar-refractivity contribution is -0.160. The van der Waals surface area contributed by atoms with E-state index in [0.29, 0.717) is 28.1 Å². The number of nitrogens with zero attached hydrogens (tertiary/aromatic N) is 3. The van der Waals surface area contributed by atoms with E-state index in [-0.39, 0.29) is 17.4 Å².